The Morgan fingerprint density at radius 2 is 1.84 bits per heavy atom. The third-order valence-electron chi connectivity index (χ3n) is 5.93. The molecule has 2 heterocycles. The molecule has 3 aromatic carbocycles. The molecule has 0 saturated carbocycles. The van der Waals surface area contributed by atoms with Crippen molar-refractivity contribution in [3.05, 3.63) is 110 Å². The van der Waals surface area contributed by atoms with Gasteiger partial charge in [0.15, 0.2) is 0 Å². The minimum atomic E-state index is -0.618. The molecule has 0 fully saturated rings. The molecule has 1 aliphatic heterocycles. The highest BCUT2D eigenvalue weighted by Gasteiger charge is 2.35. The van der Waals surface area contributed by atoms with E-state index in [1.54, 1.807) is 16.8 Å². The molecule has 1 aliphatic rings. The van der Waals surface area contributed by atoms with Crippen LogP contribution in [0.2, 0.25) is 15.1 Å². The molecule has 4 aromatic rings. The second-order valence-corrected chi connectivity index (χ2v) is 10.8. The molecule has 0 spiro atoms. The normalized spacial score (nSPS) is 14.8. The molecule has 1 atom stereocenters. The third-order valence-corrected chi connectivity index (χ3v) is 7.74. The van der Waals surface area contributed by atoms with Crippen LogP contribution in [0, 0.1) is 6.92 Å². The molecule has 188 valence electrons. The summed E-state index contributed by atoms with van der Waals surface area (Å²) in [5.41, 5.74) is 4.55. The number of anilines is 2. The highest BCUT2D eigenvalue weighted by Crippen LogP contribution is 2.40. The second-order valence-electron chi connectivity index (χ2n) is 8.60. The molecule has 5 rings (SSSR count). The van der Waals surface area contributed by atoms with Crippen LogP contribution in [0.15, 0.2) is 83.2 Å². The molecule has 10 heteroatoms. The first-order valence-electron chi connectivity index (χ1n) is 11.4. The van der Waals surface area contributed by atoms with Gasteiger partial charge in [-0.2, -0.15) is 4.98 Å². The van der Waals surface area contributed by atoms with Gasteiger partial charge in [-0.05, 0) is 55.3 Å². The molecule has 0 bridgehead atoms. The fraction of sp³-hybridized carbons (Fsp3) is 0.148. The molecule has 6 nitrogen and oxygen atoms in total. The fourth-order valence-electron chi connectivity index (χ4n) is 4.18. The Morgan fingerprint density at radius 3 is 2.59 bits per heavy atom. The number of halogens is 3. The number of carbonyl (C=O) groups is 1. The van der Waals surface area contributed by atoms with Crippen molar-refractivity contribution in [1.29, 1.82) is 0 Å². The maximum absolute atomic E-state index is 13.7. The molecule has 0 radical (unpaired) electrons. The lowest BCUT2D eigenvalue weighted by atomic mass is 9.95. The Hall–Kier alpha value is -2.97. The largest absolute Gasteiger partial charge is 0.328 e. The van der Waals surface area contributed by atoms with Crippen molar-refractivity contribution in [2.24, 2.45) is 0 Å². The van der Waals surface area contributed by atoms with Crippen LogP contribution in [0.1, 0.15) is 29.7 Å². The van der Waals surface area contributed by atoms with Gasteiger partial charge < -0.3 is 10.6 Å². The van der Waals surface area contributed by atoms with Crippen molar-refractivity contribution in [1.82, 2.24) is 14.8 Å². The number of hydrogen-bond donors (Lipinski definition) is 2. The van der Waals surface area contributed by atoms with Crippen molar-refractivity contribution < 1.29 is 4.79 Å². The van der Waals surface area contributed by atoms with E-state index in [0.717, 1.165) is 11.1 Å². The van der Waals surface area contributed by atoms with Crippen molar-refractivity contribution in [3.8, 4) is 0 Å². The number of aromatic nitrogens is 3. The van der Waals surface area contributed by atoms with Crippen LogP contribution in [-0.2, 0) is 10.5 Å². The Balaban J connectivity index is 1.52. The first kappa shape index (κ1) is 25.7. The molecule has 1 unspecified atom stereocenters. The maximum Gasteiger partial charge on any atom is 0.255 e. The lowest BCUT2D eigenvalue weighted by Crippen LogP contribution is -2.31. The van der Waals surface area contributed by atoms with E-state index >= 15 is 0 Å². The zero-order valence-electron chi connectivity index (χ0n) is 19.9. The standard InChI is InChI=1S/C27H22Cl3N5OS/c1-15-6-5-8-19(12-15)32-25(36)23-16(2)31-26-33-27(37-14-17-7-3-4-9-21(17)29)34-35(26)24(23)20-11-10-18(28)13-22(20)30/h3-13,24H,14H2,1-2H3,(H,32,36)(H,31,33,34). The Kier molecular flexibility index (Phi) is 7.49. The summed E-state index contributed by atoms with van der Waals surface area (Å²) in [7, 11) is 0. The van der Waals surface area contributed by atoms with Crippen molar-refractivity contribution in [2.75, 3.05) is 10.6 Å². The summed E-state index contributed by atoms with van der Waals surface area (Å²) in [6, 6.07) is 19.9. The summed E-state index contributed by atoms with van der Waals surface area (Å²) >= 11 is 20.6. The summed E-state index contributed by atoms with van der Waals surface area (Å²) in [6.07, 6.45) is 0. The van der Waals surface area contributed by atoms with Gasteiger partial charge in [-0.1, -0.05) is 83.0 Å². The molecule has 1 aromatic heterocycles. The number of aryl methyl sites for hydroxylation is 1. The Bertz CT molecular complexity index is 1530. The van der Waals surface area contributed by atoms with Gasteiger partial charge in [0, 0.05) is 37.8 Å². The van der Waals surface area contributed by atoms with E-state index in [2.05, 4.69) is 15.6 Å². The van der Waals surface area contributed by atoms with Gasteiger partial charge in [0.05, 0.1) is 5.57 Å². The minimum absolute atomic E-state index is 0.266. The molecule has 37 heavy (non-hydrogen) atoms. The zero-order valence-corrected chi connectivity index (χ0v) is 23.0. The van der Waals surface area contributed by atoms with Crippen LogP contribution in [-0.4, -0.2) is 20.7 Å². The number of amides is 1. The number of benzene rings is 3. The molecule has 1 amide bonds. The van der Waals surface area contributed by atoms with E-state index in [9.17, 15) is 4.79 Å². The predicted molar refractivity (Wildman–Crippen MR) is 152 cm³/mol. The van der Waals surface area contributed by atoms with Gasteiger partial charge in [-0.3, -0.25) is 4.79 Å². The lowest BCUT2D eigenvalue weighted by molar-refractivity contribution is -0.113. The van der Waals surface area contributed by atoms with E-state index in [-0.39, 0.29) is 5.91 Å². The molecule has 0 saturated heterocycles. The number of nitrogens with zero attached hydrogens (tertiary/aromatic N) is 3. The molecular formula is C27H22Cl3N5OS. The van der Waals surface area contributed by atoms with Crippen molar-refractivity contribution in [2.45, 2.75) is 30.8 Å². The number of hydrogen-bond acceptors (Lipinski definition) is 5. The van der Waals surface area contributed by atoms with Crippen LogP contribution < -0.4 is 10.6 Å². The highest BCUT2D eigenvalue weighted by molar-refractivity contribution is 7.98. The summed E-state index contributed by atoms with van der Waals surface area (Å²) in [4.78, 5) is 18.3. The molecular weight excluding hydrogens is 549 g/mol. The number of rotatable bonds is 6. The van der Waals surface area contributed by atoms with Crippen LogP contribution in [0.5, 0.6) is 0 Å². The second kappa shape index (κ2) is 10.8. The van der Waals surface area contributed by atoms with Gasteiger partial charge in [0.1, 0.15) is 6.04 Å². The summed E-state index contributed by atoms with van der Waals surface area (Å²) in [5.74, 6) is 0.850. The van der Waals surface area contributed by atoms with Gasteiger partial charge in [-0.25, -0.2) is 4.68 Å². The first-order chi connectivity index (χ1) is 17.8. The molecule has 2 N–H and O–H groups in total. The van der Waals surface area contributed by atoms with Crippen molar-refractivity contribution >= 4 is 64.1 Å². The fourth-order valence-corrected chi connectivity index (χ4v) is 5.80. The number of nitrogens with one attached hydrogen (secondary N) is 2. The quantitative estimate of drug-likeness (QED) is 0.232. The Morgan fingerprint density at radius 1 is 1.03 bits per heavy atom. The first-order valence-corrected chi connectivity index (χ1v) is 13.6. The number of allylic oxidation sites excluding steroid dienone is 1. The SMILES string of the molecule is CC1=C(C(=O)Nc2cccc(C)c2)C(c2ccc(Cl)cc2Cl)n2nc(SCc3ccccc3Cl)nc2N1. The van der Waals surface area contributed by atoms with Gasteiger partial charge in [0.25, 0.3) is 5.91 Å². The van der Waals surface area contributed by atoms with E-state index in [0.29, 0.717) is 54.4 Å². The zero-order chi connectivity index (χ0) is 26.1. The molecule has 0 aliphatic carbocycles. The van der Waals surface area contributed by atoms with E-state index in [1.165, 1.54) is 11.8 Å². The third kappa shape index (κ3) is 5.50. The summed E-state index contributed by atoms with van der Waals surface area (Å²) in [6.45, 7) is 3.82. The number of thioether (sulfide) groups is 1. The van der Waals surface area contributed by atoms with Crippen molar-refractivity contribution in [3.63, 3.8) is 0 Å². The van der Waals surface area contributed by atoms with Gasteiger partial charge in [-0.15, -0.1) is 5.10 Å². The minimum Gasteiger partial charge on any atom is -0.328 e. The number of fused-ring (bicyclic) bond motifs is 1. The maximum atomic E-state index is 13.7. The topological polar surface area (TPSA) is 71.8 Å². The van der Waals surface area contributed by atoms with E-state index < -0.39 is 6.04 Å². The average molecular weight is 571 g/mol. The van der Waals surface area contributed by atoms with Gasteiger partial charge >= 0.3 is 0 Å². The average Bonchev–Trinajstić information content (AvgIpc) is 3.25. The smallest absolute Gasteiger partial charge is 0.255 e. The highest BCUT2D eigenvalue weighted by atomic mass is 35.5. The van der Waals surface area contributed by atoms with Crippen LogP contribution >= 0.6 is 46.6 Å². The monoisotopic (exact) mass is 569 g/mol. The summed E-state index contributed by atoms with van der Waals surface area (Å²) < 4.78 is 1.70. The summed E-state index contributed by atoms with van der Waals surface area (Å²) in [5, 5.41) is 13.2. The lowest BCUT2D eigenvalue weighted by Gasteiger charge is -2.29. The number of carbonyl (C=O) groups excluding carboxylic acids is 1. The Labute approximate surface area is 234 Å². The van der Waals surface area contributed by atoms with Gasteiger partial charge in [0.2, 0.25) is 11.1 Å². The van der Waals surface area contributed by atoms with Crippen LogP contribution in [0.4, 0.5) is 11.6 Å². The van der Waals surface area contributed by atoms with Crippen LogP contribution in [0.3, 0.4) is 0 Å². The van der Waals surface area contributed by atoms with E-state index in [1.807, 2.05) is 68.4 Å². The predicted octanol–water partition coefficient (Wildman–Crippen LogP) is 7.77. The van der Waals surface area contributed by atoms with Crippen LogP contribution in [0.25, 0.3) is 0 Å². The van der Waals surface area contributed by atoms with E-state index in [4.69, 9.17) is 39.9 Å².